The Morgan fingerprint density at radius 2 is 1.14 bits per heavy atom. The van der Waals surface area contributed by atoms with Crippen LogP contribution in [0.1, 0.15) is 22.3 Å². The number of rotatable bonds is 7. The molecule has 0 spiro atoms. The molecule has 3 N–H and O–H groups in total. The largest absolute Gasteiger partial charge is 0.496 e. The lowest BCUT2D eigenvalue weighted by Crippen LogP contribution is -1.93. The fraction of sp³-hybridized carbons (Fsp3) is 0.120. The van der Waals surface area contributed by atoms with Crippen molar-refractivity contribution in [2.75, 3.05) is 32.3 Å². The van der Waals surface area contributed by atoms with Gasteiger partial charge in [-0.25, -0.2) is 0 Å². The summed E-state index contributed by atoms with van der Waals surface area (Å²) in [6, 6.07) is 19.9. The highest BCUT2D eigenvalue weighted by atomic mass is 16.5. The summed E-state index contributed by atoms with van der Waals surface area (Å²) in [5, 5.41) is 3.12. The van der Waals surface area contributed by atoms with Crippen LogP contribution in [0.3, 0.4) is 0 Å². The van der Waals surface area contributed by atoms with Crippen molar-refractivity contribution in [3.05, 3.63) is 82.9 Å². The predicted molar refractivity (Wildman–Crippen MR) is 124 cm³/mol. The molecule has 0 atom stereocenters. The number of nitrogen functional groups attached to an aromatic ring is 1. The minimum atomic E-state index is 0.748. The van der Waals surface area contributed by atoms with Crippen molar-refractivity contribution in [2.45, 2.75) is 0 Å². The second-order valence-electron chi connectivity index (χ2n) is 6.54. The van der Waals surface area contributed by atoms with Crippen LogP contribution in [0.4, 0.5) is 11.4 Å². The summed E-state index contributed by atoms with van der Waals surface area (Å²) in [6.07, 6.45) is 8.12. The number of ether oxygens (including phenoxy) is 2. The Labute approximate surface area is 172 Å². The van der Waals surface area contributed by atoms with Crippen molar-refractivity contribution in [1.82, 2.24) is 0 Å². The van der Waals surface area contributed by atoms with Crippen LogP contribution in [-0.4, -0.2) is 21.3 Å². The molecule has 148 valence electrons. The van der Waals surface area contributed by atoms with Gasteiger partial charge in [-0.1, -0.05) is 48.6 Å². The number of methoxy groups -OCH3 is 2. The van der Waals surface area contributed by atoms with Gasteiger partial charge in [0, 0.05) is 29.5 Å². The van der Waals surface area contributed by atoms with Crippen LogP contribution in [0, 0.1) is 0 Å². The Hall–Kier alpha value is -3.66. The van der Waals surface area contributed by atoms with E-state index in [1.54, 1.807) is 14.2 Å². The molecule has 29 heavy (non-hydrogen) atoms. The highest BCUT2D eigenvalue weighted by Gasteiger charge is 2.08. The molecular weight excluding hydrogens is 360 g/mol. The highest BCUT2D eigenvalue weighted by Crippen LogP contribution is 2.31. The number of hydrogen-bond acceptors (Lipinski definition) is 4. The van der Waals surface area contributed by atoms with Gasteiger partial charge in [0.2, 0.25) is 0 Å². The van der Waals surface area contributed by atoms with Crippen molar-refractivity contribution in [3.8, 4) is 11.5 Å². The van der Waals surface area contributed by atoms with Gasteiger partial charge in [0.1, 0.15) is 11.5 Å². The lowest BCUT2D eigenvalue weighted by atomic mass is 10.1. The maximum Gasteiger partial charge on any atom is 0.126 e. The van der Waals surface area contributed by atoms with Crippen LogP contribution in [0.15, 0.2) is 60.7 Å². The van der Waals surface area contributed by atoms with Crippen LogP contribution in [0.25, 0.3) is 24.3 Å². The van der Waals surface area contributed by atoms with E-state index in [9.17, 15) is 0 Å². The van der Waals surface area contributed by atoms with Gasteiger partial charge >= 0.3 is 0 Å². The molecule has 0 aliphatic carbocycles. The van der Waals surface area contributed by atoms with Crippen LogP contribution in [0.2, 0.25) is 0 Å². The summed E-state index contributed by atoms with van der Waals surface area (Å²) < 4.78 is 11.2. The maximum atomic E-state index is 5.75. The lowest BCUT2D eigenvalue weighted by molar-refractivity contribution is 0.401. The highest BCUT2D eigenvalue weighted by molar-refractivity contribution is 5.79. The summed E-state index contributed by atoms with van der Waals surface area (Å²) in [4.78, 5) is 0. The first-order valence-corrected chi connectivity index (χ1v) is 9.38. The topological polar surface area (TPSA) is 56.5 Å². The summed E-state index contributed by atoms with van der Waals surface area (Å²) in [5.41, 5.74) is 11.6. The smallest absolute Gasteiger partial charge is 0.126 e. The van der Waals surface area contributed by atoms with E-state index in [1.165, 1.54) is 0 Å². The Balaban J connectivity index is 1.88. The SMILES string of the molecule is CNc1ccc(C=Cc2cc(OC)c(C=Cc3ccc(N)cc3)cc2OC)cc1. The van der Waals surface area contributed by atoms with Crippen molar-refractivity contribution >= 4 is 35.7 Å². The van der Waals surface area contributed by atoms with E-state index in [4.69, 9.17) is 15.2 Å². The molecular formula is C25H26N2O2. The number of hydrogen-bond donors (Lipinski definition) is 2. The molecule has 0 amide bonds. The van der Waals surface area contributed by atoms with E-state index < -0.39 is 0 Å². The first-order valence-electron chi connectivity index (χ1n) is 9.38. The predicted octanol–water partition coefficient (Wildman–Crippen LogP) is 5.67. The monoisotopic (exact) mass is 386 g/mol. The van der Waals surface area contributed by atoms with E-state index in [1.807, 2.05) is 73.8 Å². The van der Waals surface area contributed by atoms with Crippen LogP contribution in [-0.2, 0) is 0 Å². The molecule has 0 bridgehead atoms. The molecule has 0 fully saturated rings. The number of nitrogens with two attached hydrogens (primary N) is 1. The summed E-state index contributed by atoms with van der Waals surface area (Å²) in [7, 11) is 5.26. The van der Waals surface area contributed by atoms with Gasteiger partial charge < -0.3 is 20.5 Å². The molecule has 0 heterocycles. The minimum absolute atomic E-state index is 0.748. The molecule has 4 nitrogen and oxygen atoms in total. The molecule has 0 radical (unpaired) electrons. The van der Waals surface area contributed by atoms with Crippen molar-refractivity contribution < 1.29 is 9.47 Å². The van der Waals surface area contributed by atoms with E-state index in [2.05, 4.69) is 23.5 Å². The van der Waals surface area contributed by atoms with E-state index >= 15 is 0 Å². The third-order valence-electron chi connectivity index (χ3n) is 4.63. The zero-order chi connectivity index (χ0) is 20.6. The second-order valence-corrected chi connectivity index (χ2v) is 6.54. The van der Waals surface area contributed by atoms with Gasteiger partial charge in [-0.05, 0) is 47.5 Å². The molecule has 0 aromatic heterocycles. The first-order chi connectivity index (χ1) is 14.1. The van der Waals surface area contributed by atoms with Crippen LogP contribution < -0.4 is 20.5 Å². The Kier molecular flexibility index (Phi) is 6.59. The maximum absolute atomic E-state index is 5.75. The minimum Gasteiger partial charge on any atom is -0.496 e. The number of nitrogens with one attached hydrogen (secondary N) is 1. The Morgan fingerprint density at radius 3 is 1.55 bits per heavy atom. The first kappa shape index (κ1) is 20.1. The zero-order valence-corrected chi connectivity index (χ0v) is 17.0. The number of anilines is 2. The molecule has 0 saturated heterocycles. The van der Waals surface area contributed by atoms with Gasteiger partial charge in [0.15, 0.2) is 0 Å². The van der Waals surface area contributed by atoms with E-state index in [0.717, 1.165) is 45.1 Å². The summed E-state index contributed by atoms with van der Waals surface area (Å²) in [5.74, 6) is 1.56. The summed E-state index contributed by atoms with van der Waals surface area (Å²) >= 11 is 0. The summed E-state index contributed by atoms with van der Waals surface area (Å²) in [6.45, 7) is 0. The Morgan fingerprint density at radius 1 is 0.690 bits per heavy atom. The van der Waals surface area contributed by atoms with Gasteiger partial charge in [0.05, 0.1) is 14.2 Å². The average Bonchev–Trinajstić information content (AvgIpc) is 2.77. The third kappa shape index (κ3) is 5.20. The van der Waals surface area contributed by atoms with Gasteiger partial charge in [0.25, 0.3) is 0 Å². The average molecular weight is 386 g/mol. The van der Waals surface area contributed by atoms with Gasteiger partial charge in [-0.2, -0.15) is 0 Å². The number of benzene rings is 3. The Bertz CT molecular complexity index is 1000. The van der Waals surface area contributed by atoms with Gasteiger partial charge in [-0.15, -0.1) is 0 Å². The van der Waals surface area contributed by atoms with Crippen molar-refractivity contribution in [2.24, 2.45) is 0 Å². The third-order valence-corrected chi connectivity index (χ3v) is 4.63. The van der Waals surface area contributed by atoms with Crippen molar-refractivity contribution in [3.63, 3.8) is 0 Å². The van der Waals surface area contributed by atoms with E-state index in [0.29, 0.717) is 0 Å². The van der Waals surface area contributed by atoms with Gasteiger partial charge in [-0.3, -0.25) is 0 Å². The molecule has 3 aromatic rings. The molecule has 3 rings (SSSR count). The normalized spacial score (nSPS) is 11.1. The quantitative estimate of drug-likeness (QED) is 0.406. The fourth-order valence-corrected chi connectivity index (χ4v) is 2.95. The standard InChI is InChI=1S/C25H26N2O2/c1-27-23-14-8-19(9-15-23)5-11-21-17-24(28-2)20(16-25(21)29-3)10-4-18-6-12-22(26)13-7-18/h4-17,27H,26H2,1-3H3. The second kappa shape index (κ2) is 9.51. The van der Waals surface area contributed by atoms with Crippen molar-refractivity contribution in [1.29, 1.82) is 0 Å². The molecule has 0 unspecified atom stereocenters. The van der Waals surface area contributed by atoms with Crippen LogP contribution >= 0.6 is 0 Å². The molecule has 3 aromatic carbocycles. The molecule has 4 heteroatoms. The molecule has 0 aliphatic heterocycles. The van der Waals surface area contributed by atoms with E-state index in [-0.39, 0.29) is 0 Å². The zero-order valence-electron chi connectivity index (χ0n) is 17.0. The fourth-order valence-electron chi connectivity index (χ4n) is 2.95. The van der Waals surface area contributed by atoms with Crippen LogP contribution in [0.5, 0.6) is 11.5 Å². The lowest BCUT2D eigenvalue weighted by Gasteiger charge is -2.11. The molecule has 0 saturated carbocycles. The molecule has 0 aliphatic rings.